The van der Waals surface area contributed by atoms with E-state index in [1.807, 2.05) is 11.4 Å². The number of aryl methyl sites for hydroxylation is 1. The van der Waals surface area contributed by atoms with Crippen LogP contribution in [0.4, 0.5) is 0 Å². The van der Waals surface area contributed by atoms with Crippen molar-refractivity contribution in [1.29, 1.82) is 0 Å². The largest absolute Gasteiger partial charge is 0.357 e. The number of piperidine rings is 1. The molecule has 4 nitrogen and oxygen atoms in total. The topological polar surface area (TPSA) is 49.0 Å². The first-order valence-electron chi connectivity index (χ1n) is 8.57. The molecule has 4 rings (SSSR count). The number of hydrogen-bond acceptors (Lipinski definition) is 3. The monoisotopic (exact) mass is 339 g/mol. The maximum Gasteiger partial charge on any atom is 0.223 e. The number of H-pyrrole nitrogens is 1. The van der Waals surface area contributed by atoms with Crippen molar-refractivity contribution in [3.05, 3.63) is 52.6 Å². The van der Waals surface area contributed by atoms with E-state index in [1.165, 1.54) is 17.5 Å². The van der Waals surface area contributed by atoms with Gasteiger partial charge in [0, 0.05) is 42.2 Å². The smallest absolute Gasteiger partial charge is 0.223 e. The summed E-state index contributed by atoms with van der Waals surface area (Å²) in [6.07, 6.45) is 6.40. The van der Waals surface area contributed by atoms with Crippen molar-refractivity contribution in [2.75, 3.05) is 6.54 Å². The standard InChI is InChI=1S/C19H21N3OS/c23-19(9-8-18-20-10-12-24-18)22-11-4-3-7-17(22)16-13-14-5-1-2-6-15(14)21-16/h1-2,5-6,10,12-13,17,21H,3-4,7-9,11H2/t17-/m0/s1. The Morgan fingerprint density at radius 1 is 1.33 bits per heavy atom. The molecule has 3 aromatic rings. The molecule has 124 valence electrons. The van der Waals surface area contributed by atoms with E-state index in [9.17, 15) is 4.79 Å². The molecule has 0 aliphatic carbocycles. The molecule has 1 atom stereocenters. The highest BCUT2D eigenvalue weighted by atomic mass is 32.1. The summed E-state index contributed by atoms with van der Waals surface area (Å²) in [6, 6.07) is 10.7. The predicted molar refractivity (Wildman–Crippen MR) is 97.0 cm³/mol. The summed E-state index contributed by atoms with van der Waals surface area (Å²) in [7, 11) is 0. The van der Waals surface area contributed by atoms with Crippen molar-refractivity contribution >= 4 is 28.1 Å². The second-order valence-electron chi connectivity index (χ2n) is 6.34. The lowest BCUT2D eigenvalue weighted by molar-refractivity contribution is -0.135. The van der Waals surface area contributed by atoms with E-state index >= 15 is 0 Å². The lowest BCUT2D eigenvalue weighted by Crippen LogP contribution is -2.38. The zero-order valence-electron chi connectivity index (χ0n) is 13.6. The fourth-order valence-electron chi connectivity index (χ4n) is 3.56. The van der Waals surface area contributed by atoms with Gasteiger partial charge in [-0.2, -0.15) is 0 Å². The first kappa shape index (κ1) is 15.4. The van der Waals surface area contributed by atoms with Crippen LogP contribution in [0, 0.1) is 0 Å². The van der Waals surface area contributed by atoms with E-state index in [4.69, 9.17) is 0 Å². The third-order valence-corrected chi connectivity index (χ3v) is 5.61. The predicted octanol–water partition coefficient (Wildman–Crippen LogP) is 4.31. The van der Waals surface area contributed by atoms with Gasteiger partial charge in [-0.05, 0) is 36.8 Å². The molecule has 24 heavy (non-hydrogen) atoms. The van der Waals surface area contributed by atoms with Crippen LogP contribution >= 0.6 is 11.3 Å². The van der Waals surface area contributed by atoms with Gasteiger partial charge in [0.25, 0.3) is 0 Å². The van der Waals surface area contributed by atoms with Crippen LogP contribution < -0.4 is 0 Å². The number of fused-ring (bicyclic) bond motifs is 1. The molecule has 1 N–H and O–H groups in total. The third-order valence-electron chi connectivity index (χ3n) is 4.77. The van der Waals surface area contributed by atoms with Crippen LogP contribution in [0.15, 0.2) is 41.9 Å². The average Bonchev–Trinajstić information content (AvgIpc) is 3.29. The molecule has 3 heterocycles. The summed E-state index contributed by atoms with van der Waals surface area (Å²) in [6.45, 7) is 0.858. The number of amides is 1. The maximum absolute atomic E-state index is 12.8. The molecule has 0 bridgehead atoms. The minimum Gasteiger partial charge on any atom is -0.357 e. The third kappa shape index (κ3) is 3.08. The second kappa shape index (κ2) is 6.77. The molecule has 1 amide bonds. The molecule has 1 aliphatic heterocycles. The van der Waals surface area contributed by atoms with E-state index in [0.717, 1.165) is 36.3 Å². The summed E-state index contributed by atoms with van der Waals surface area (Å²) in [5.74, 6) is 0.244. The van der Waals surface area contributed by atoms with Gasteiger partial charge in [-0.25, -0.2) is 4.98 Å². The second-order valence-corrected chi connectivity index (χ2v) is 7.32. The number of para-hydroxylation sites is 1. The van der Waals surface area contributed by atoms with Gasteiger partial charge in [0.05, 0.1) is 11.0 Å². The molecule has 2 aromatic heterocycles. The zero-order chi connectivity index (χ0) is 16.4. The van der Waals surface area contributed by atoms with Crippen LogP contribution in [0.25, 0.3) is 10.9 Å². The quantitative estimate of drug-likeness (QED) is 0.770. The number of hydrogen-bond donors (Lipinski definition) is 1. The Kier molecular flexibility index (Phi) is 4.34. The van der Waals surface area contributed by atoms with E-state index in [2.05, 4.69) is 39.1 Å². The molecule has 0 radical (unpaired) electrons. The molecule has 0 saturated carbocycles. The van der Waals surface area contributed by atoms with Crippen LogP contribution in [0.1, 0.15) is 42.4 Å². The minimum atomic E-state index is 0.176. The number of thiazole rings is 1. The Hall–Kier alpha value is -2.14. The van der Waals surface area contributed by atoms with Crippen molar-refractivity contribution < 1.29 is 4.79 Å². The Morgan fingerprint density at radius 3 is 3.08 bits per heavy atom. The summed E-state index contributed by atoms with van der Waals surface area (Å²) >= 11 is 1.62. The van der Waals surface area contributed by atoms with Gasteiger partial charge in [0.1, 0.15) is 0 Å². The zero-order valence-corrected chi connectivity index (χ0v) is 14.4. The first-order chi connectivity index (χ1) is 11.8. The van der Waals surface area contributed by atoms with Gasteiger partial charge >= 0.3 is 0 Å². The molecule has 0 spiro atoms. The number of carbonyl (C=O) groups is 1. The number of benzene rings is 1. The van der Waals surface area contributed by atoms with Crippen LogP contribution in [0.3, 0.4) is 0 Å². The number of aromatic nitrogens is 2. The van der Waals surface area contributed by atoms with Crippen LogP contribution in [0.2, 0.25) is 0 Å². The lowest BCUT2D eigenvalue weighted by Gasteiger charge is -2.35. The number of aromatic amines is 1. The molecular formula is C19H21N3OS. The van der Waals surface area contributed by atoms with Crippen molar-refractivity contribution in [2.45, 2.75) is 38.1 Å². The summed E-state index contributed by atoms with van der Waals surface area (Å²) in [5.41, 5.74) is 2.31. The van der Waals surface area contributed by atoms with Crippen LogP contribution in [0.5, 0.6) is 0 Å². The number of nitrogens with one attached hydrogen (secondary N) is 1. The summed E-state index contributed by atoms with van der Waals surface area (Å²) < 4.78 is 0. The van der Waals surface area contributed by atoms with Crippen molar-refractivity contribution in [2.24, 2.45) is 0 Å². The Bertz CT molecular complexity index is 791. The summed E-state index contributed by atoms with van der Waals surface area (Å²) in [5, 5.41) is 4.23. The molecule has 0 unspecified atom stereocenters. The Balaban J connectivity index is 1.52. The number of rotatable bonds is 4. The Morgan fingerprint density at radius 2 is 2.25 bits per heavy atom. The highest BCUT2D eigenvalue weighted by molar-refractivity contribution is 7.09. The van der Waals surface area contributed by atoms with Gasteiger partial charge in [-0.3, -0.25) is 4.79 Å². The van der Waals surface area contributed by atoms with Crippen molar-refractivity contribution in [3.8, 4) is 0 Å². The van der Waals surface area contributed by atoms with Crippen molar-refractivity contribution in [3.63, 3.8) is 0 Å². The van der Waals surface area contributed by atoms with E-state index in [-0.39, 0.29) is 11.9 Å². The van der Waals surface area contributed by atoms with E-state index < -0.39 is 0 Å². The number of nitrogens with zero attached hydrogens (tertiary/aromatic N) is 2. The molecule has 1 saturated heterocycles. The van der Waals surface area contributed by atoms with E-state index in [1.54, 1.807) is 17.5 Å². The van der Waals surface area contributed by atoms with E-state index in [0.29, 0.717) is 6.42 Å². The van der Waals surface area contributed by atoms with Crippen LogP contribution in [-0.2, 0) is 11.2 Å². The van der Waals surface area contributed by atoms with Gasteiger partial charge in [0.15, 0.2) is 0 Å². The van der Waals surface area contributed by atoms with Crippen molar-refractivity contribution in [1.82, 2.24) is 14.9 Å². The molecular weight excluding hydrogens is 318 g/mol. The fourth-order valence-corrected chi connectivity index (χ4v) is 4.18. The lowest BCUT2D eigenvalue weighted by atomic mass is 9.98. The van der Waals surface area contributed by atoms with Gasteiger partial charge in [-0.15, -0.1) is 11.3 Å². The Labute approximate surface area is 145 Å². The molecule has 1 aliphatic rings. The molecule has 1 aromatic carbocycles. The van der Waals surface area contributed by atoms with Gasteiger partial charge in [0.2, 0.25) is 5.91 Å². The number of carbonyl (C=O) groups excluding carboxylic acids is 1. The first-order valence-corrected chi connectivity index (χ1v) is 9.45. The maximum atomic E-state index is 12.8. The SMILES string of the molecule is O=C(CCc1nccs1)N1CCCC[C@H]1c1cc2ccccc2[nH]1. The molecule has 1 fully saturated rings. The summed E-state index contributed by atoms with van der Waals surface area (Å²) in [4.78, 5) is 22.6. The normalized spacial score (nSPS) is 18.2. The van der Waals surface area contributed by atoms with Gasteiger partial charge < -0.3 is 9.88 Å². The minimum absolute atomic E-state index is 0.176. The number of likely N-dealkylation sites (tertiary alicyclic amines) is 1. The fraction of sp³-hybridized carbons (Fsp3) is 0.368. The molecule has 5 heteroatoms. The highest BCUT2D eigenvalue weighted by Crippen LogP contribution is 2.32. The highest BCUT2D eigenvalue weighted by Gasteiger charge is 2.28. The van der Waals surface area contributed by atoms with Crippen LogP contribution in [-0.4, -0.2) is 27.3 Å². The average molecular weight is 339 g/mol. The van der Waals surface area contributed by atoms with Gasteiger partial charge in [-0.1, -0.05) is 18.2 Å².